The normalized spacial score (nSPS) is 12.9. The SMILES string of the molecule is NNc1ncnc2c1cnn2-c1ncnc2sc3c(c12)Cc1ccccc1C3. The molecule has 0 saturated carbocycles. The van der Waals surface area contributed by atoms with Crippen LogP contribution in [0.15, 0.2) is 43.1 Å². The highest BCUT2D eigenvalue weighted by Gasteiger charge is 2.24. The van der Waals surface area contributed by atoms with Crippen molar-refractivity contribution < 1.29 is 0 Å². The fraction of sp³-hybridized carbons (Fsp3) is 0.105. The number of nitrogens with one attached hydrogen (secondary N) is 1. The van der Waals surface area contributed by atoms with Gasteiger partial charge in [-0.25, -0.2) is 25.8 Å². The average Bonchev–Trinajstić information content (AvgIpc) is 3.33. The van der Waals surface area contributed by atoms with Crippen LogP contribution in [0.5, 0.6) is 0 Å². The Bertz CT molecular complexity index is 1370. The number of hydrogen-bond donors (Lipinski definition) is 2. The Morgan fingerprint density at radius 2 is 1.82 bits per heavy atom. The molecule has 8 nitrogen and oxygen atoms in total. The minimum atomic E-state index is 0.530. The van der Waals surface area contributed by atoms with E-state index in [0.29, 0.717) is 11.5 Å². The zero-order valence-electron chi connectivity index (χ0n) is 14.6. The molecule has 0 saturated heterocycles. The molecule has 0 radical (unpaired) electrons. The lowest BCUT2D eigenvalue weighted by Gasteiger charge is -2.16. The van der Waals surface area contributed by atoms with Gasteiger partial charge in [0.1, 0.15) is 17.5 Å². The van der Waals surface area contributed by atoms with Crippen molar-refractivity contribution in [2.24, 2.45) is 5.84 Å². The van der Waals surface area contributed by atoms with Gasteiger partial charge in [-0.05, 0) is 23.1 Å². The van der Waals surface area contributed by atoms with E-state index >= 15 is 0 Å². The smallest absolute Gasteiger partial charge is 0.170 e. The van der Waals surface area contributed by atoms with Gasteiger partial charge in [0.15, 0.2) is 17.3 Å². The molecule has 4 aromatic heterocycles. The van der Waals surface area contributed by atoms with E-state index in [2.05, 4.69) is 54.7 Å². The van der Waals surface area contributed by atoms with Gasteiger partial charge in [-0.1, -0.05) is 24.3 Å². The molecule has 28 heavy (non-hydrogen) atoms. The van der Waals surface area contributed by atoms with Crippen molar-refractivity contribution in [1.29, 1.82) is 0 Å². The van der Waals surface area contributed by atoms with Crippen LogP contribution in [0.1, 0.15) is 21.6 Å². The van der Waals surface area contributed by atoms with Crippen LogP contribution in [-0.4, -0.2) is 29.7 Å². The van der Waals surface area contributed by atoms with Gasteiger partial charge >= 0.3 is 0 Å². The van der Waals surface area contributed by atoms with Crippen LogP contribution in [-0.2, 0) is 12.8 Å². The van der Waals surface area contributed by atoms with Crippen molar-refractivity contribution >= 4 is 38.4 Å². The second-order valence-electron chi connectivity index (χ2n) is 6.66. The molecule has 1 aliphatic carbocycles. The summed E-state index contributed by atoms with van der Waals surface area (Å²) in [4.78, 5) is 20.0. The molecule has 9 heteroatoms. The van der Waals surface area contributed by atoms with Gasteiger partial charge in [-0.2, -0.15) is 9.78 Å². The lowest BCUT2D eigenvalue weighted by Crippen LogP contribution is -2.09. The molecule has 0 spiro atoms. The number of aromatic nitrogens is 6. The van der Waals surface area contributed by atoms with Gasteiger partial charge in [0, 0.05) is 11.3 Å². The first-order chi connectivity index (χ1) is 13.8. The summed E-state index contributed by atoms with van der Waals surface area (Å²) in [5.74, 6) is 6.84. The van der Waals surface area contributed by atoms with Gasteiger partial charge in [-0.15, -0.1) is 11.3 Å². The third kappa shape index (κ3) is 2.11. The minimum absolute atomic E-state index is 0.530. The number of thiophene rings is 1. The third-order valence-electron chi connectivity index (χ3n) is 5.19. The van der Waals surface area contributed by atoms with Crippen molar-refractivity contribution in [3.05, 3.63) is 64.7 Å². The van der Waals surface area contributed by atoms with E-state index in [-0.39, 0.29) is 0 Å². The molecule has 6 rings (SSSR count). The highest BCUT2D eigenvalue weighted by molar-refractivity contribution is 7.19. The number of benzene rings is 1. The van der Waals surface area contributed by atoms with E-state index in [1.807, 2.05) is 0 Å². The molecule has 1 aliphatic rings. The fourth-order valence-corrected chi connectivity index (χ4v) is 5.07. The lowest BCUT2D eigenvalue weighted by molar-refractivity contribution is 0.864. The number of anilines is 1. The Hall–Kier alpha value is -3.43. The molecular formula is C19H14N8S. The van der Waals surface area contributed by atoms with Gasteiger partial charge in [0.05, 0.1) is 17.0 Å². The first kappa shape index (κ1) is 15.6. The summed E-state index contributed by atoms with van der Waals surface area (Å²) < 4.78 is 1.75. The molecule has 0 unspecified atom stereocenters. The minimum Gasteiger partial charge on any atom is -0.308 e. The molecular weight excluding hydrogens is 372 g/mol. The monoisotopic (exact) mass is 386 g/mol. The quantitative estimate of drug-likeness (QED) is 0.348. The topological polar surface area (TPSA) is 107 Å². The van der Waals surface area contributed by atoms with Crippen LogP contribution in [0.2, 0.25) is 0 Å². The van der Waals surface area contributed by atoms with E-state index in [9.17, 15) is 0 Å². The van der Waals surface area contributed by atoms with Crippen LogP contribution < -0.4 is 11.3 Å². The summed E-state index contributed by atoms with van der Waals surface area (Å²) in [5.41, 5.74) is 7.26. The summed E-state index contributed by atoms with van der Waals surface area (Å²) in [6.45, 7) is 0. The maximum atomic E-state index is 5.57. The second kappa shape index (κ2) is 5.78. The summed E-state index contributed by atoms with van der Waals surface area (Å²) in [6.07, 6.45) is 6.55. The molecule has 0 atom stereocenters. The van der Waals surface area contributed by atoms with Crippen LogP contribution in [0, 0.1) is 0 Å². The van der Waals surface area contributed by atoms with E-state index in [4.69, 9.17) is 5.84 Å². The van der Waals surface area contributed by atoms with Crippen molar-refractivity contribution in [2.75, 3.05) is 5.43 Å². The van der Waals surface area contributed by atoms with Crippen LogP contribution >= 0.6 is 11.3 Å². The second-order valence-corrected chi connectivity index (χ2v) is 7.75. The highest BCUT2D eigenvalue weighted by Crippen LogP contribution is 2.39. The summed E-state index contributed by atoms with van der Waals surface area (Å²) in [6, 6.07) is 8.59. The number of rotatable bonds is 2. The lowest BCUT2D eigenvalue weighted by atomic mass is 9.90. The fourth-order valence-electron chi connectivity index (χ4n) is 3.89. The maximum Gasteiger partial charge on any atom is 0.170 e. The Balaban J connectivity index is 1.61. The predicted molar refractivity (Wildman–Crippen MR) is 107 cm³/mol. The standard InChI is InChI=1S/C19H14N8S/c20-26-16-13-7-25-27(17(13)22-8-21-16)18-15-12-5-10-3-1-2-4-11(10)6-14(12)28-19(15)24-9-23-18/h1-4,7-9H,5-6,20H2,(H,21,22,26). The first-order valence-corrected chi connectivity index (χ1v) is 9.63. The van der Waals surface area contributed by atoms with Crippen molar-refractivity contribution in [2.45, 2.75) is 12.8 Å². The average molecular weight is 386 g/mol. The van der Waals surface area contributed by atoms with Crippen LogP contribution in [0.4, 0.5) is 5.82 Å². The molecule has 0 aliphatic heterocycles. The number of fused-ring (bicyclic) bond motifs is 5. The van der Waals surface area contributed by atoms with E-state index in [1.54, 1.807) is 28.5 Å². The van der Waals surface area contributed by atoms with Crippen LogP contribution in [0.25, 0.3) is 27.1 Å². The molecule has 5 aromatic rings. The Labute approximate surface area is 163 Å². The largest absolute Gasteiger partial charge is 0.308 e. The van der Waals surface area contributed by atoms with Crippen LogP contribution in [0.3, 0.4) is 0 Å². The molecule has 1 aromatic carbocycles. The van der Waals surface area contributed by atoms with Crippen molar-refractivity contribution in [3.63, 3.8) is 0 Å². The Kier molecular flexibility index (Phi) is 3.22. The number of hydrazine groups is 1. The Morgan fingerprint density at radius 1 is 1.00 bits per heavy atom. The van der Waals surface area contributed by atoms with Gasteiger partial charge in [0.25, 0.3) is 0 Å². The van der Waals surface area contributed by atoms with Crippen molar-refractivity contribution in [3.8, 4) is 5.82 Å². The predicted octanol–water partition coefficient (Wildman–Crippen LogP) is 2.60. The third-order valence-corrected chi connectivity index (χ3v) is 6.33. The van der Waals surface area contributed by atoms with Gasteiger partial charge in [-0.3, -0.25) is 0 Å². The van der Waals surface area contributed by atoms with Gasteiger partial charge in [0.2, 0.25) is 0 Å². The summed E-state index contributed by atoms with van der Waals surface area (Å²) >= 11 is 1.73. The molecule has 0 bridgehead atoms. The van der Waals surface area contributed by atoms with Crippen molar-refractivity contribution in [1.82, 2.24) is 29.7 Å². The number of hydrogen-bond acceptors (Lipinski definition) is 8. The number of nitrogens with two attached hydrogens (primary N) is 1. The zero-order chi connectivity index (χ0) is 18.7. The van der Waals surface area contributed by atoms with E-state index in [0.717, 1.165) is 34.3 Å². The molecule has 0 amide bonds. The first-order valence-electron chi connectivity index (χ1n) is 8.81. The summed E-state index contributed by atoms with van der Waals surface area (Å²) in [7, 11) is 0. The molecule has 3 N–H and O–H groups in total. The number of nitrogen functional groups attached to an aromatic ring is 1. The van der Waals surface area contributed by atoms with Gasteiger partial charge < -0.3 is 5.43 Å². The highest BCUT2D eigenvalue weighted by atomic mass is 32.1. The maximum absolute atomic E-state index is 5.57. The molecule has 4 heterocycles. The van der Waals surface area contributed by atoms with E-state index < -0.39 is 0 Å². The summed E-state index contributed by atoms with van der Waals surface area (Å²) in [5, 5.41) is 6.32. The molecule has 136 valence electrons. The Morgan fingerprint density at radius 3 is 2.68 bits per heavy atom. The number of nitrogens with zero attached hydrogens (tertiary/aromatic N) is 6. The zero-order valence-corrected chi connectivity index (χ0v) is 15.4. The van der Waals surface area contributed by atoms with E-state index in [1.165, 1.54) is 27.9 Å². The molecule has 0 fully saturated rings.